The van der Waals surface area contributed by atoms with Crippen LogP contribution in [0, 0.1) is 17.2 Å². The largest absolute Gasteiger partial charge is 0.492 e. The van der Waals surface area contributed by atoms with E-state index >= 15 is 0 Å². The molecule has 2 aromatic rings. The molecule has 3 rings (SSSR count). The summed E-state index contributed by atoms with van der Waals surface area (Å²) in [4.78, 5) is 12.2. The summed E-state index contributed by atoms with van der Waals surface area (Å²) in [5.74, 6) is 0.243. The number of carbonyl (C=O) groups is 1. The molecule has 1 atom stereocenters. The Labute approximate surface area is 128 Å². The van der Waals surface area contributed by atoms with E-state index in [1.54, 1.807) is 18.2 Å². The number of benzene rings is 2. The predicted molar refractivity (Wildman–Crippen MR) is 80.1 cm³/mol. The maximum absolute atomic E-state index is 12.2. The minimum atomic E-state index is -0.302. The van der Waals surface area contributed by atoms with Crippen LogP contribution >= 0.6 is 0 Å². The topological polar surface area (TPSA) is 59.3 Å². The molecule has 0 fully saturated rings. The lowest BCUT2D eigenvalue weighted by Crippen LogP contribution is -2.29. The minimum Gasteiger partial charge on any atom is -0.492 e. The molecular weight excluding hydrogens is 278 g/mol. The highest BCUT2D eigenvalue weighted by Crippen LogP contribution is 2.27. The number of fused-ring (bicyclic) bond motifs is 1. The van der Waals surface area contributed by atoms with Gasteiger partial charge in [0.2, 0.25) is 0 Å². The number of para-hydroxylation sites is 1. The van der Waals surface area contributed by atoms with Gasteiger partial charge in [-0.3, -0.25) is 4.79 Å². The first-order valence-electron chi connectivity index (χ1n) is 7.13. The number of carbonyl (C=O) groups excluding carboxylic acids is 1. The summed E-state index contributed by atoms with van der Waals surface area (Å²) in [5, 5.41) is 9.03. The van der Waals surface area contributed by atoms with Crippen LogP contribution in [0.4, 0.5) is 0 Å². The lowest BCUT2D eigenvalue weighted by molar-refractivity contribution is -0.151. The molecule has 0 aliphatic carbocycles. The Morgan fingerprint density at radius 1 is 1.23 bits per heavy atom. The van der Waals surface area contributed by atoms with Gasteiger partial charge in [0.15, 0.2) is 0 Å². The van der Waals surface area contributed by atoms with Crippen molar-refractivity contribution in [2.75, 3.05) is 6.61 Å². The number of hydrogen-bond acceptors (Lipinski definition) is 4. The molecule has 0 radical (unpaired) electrons. The molecule has 0 aromatic heterocycles. The van der Waals surface area contributed by atoms with Crippen LogP contribution in [0.1, 0.15) is 16.7 Å². The second-order valence-electron chi connectivity index (χ2n) is 5.20. The number of nitriles is 1. The highest BCUT2D eigenvalue weighted by atomic mass is 16.5. The molecule has 4 nitrogen and oxygen atoms in total. The van der Waals surface area contributed by atoms with Crippen molar-refractivity contribution >= 4 is 5.97 Å². The van der Waals surface area contributed by atoms with E-state index in [9.17, 15) is 4.79 Å². The molecule has 0 amide bonds. The molecule has 1 unspecified atom stereocenters. The van der Waals surface area contributed by atoms with Crippen LogP contribution < -0.4 is 4.74 Å². The van der Waals surface area contributed by atoms with Crippen LogP contribution in [-0.2, 0) is 22.6 Å². The third-order valence-electron chi connectivity index (χ3n) is 3.72. The monoisotopic (exact) mass is 293 g/mol. The van der Waals surface area contributed by atoms with E-state index in [0.29, 0.717) is 18.6 Å². The smallest absolute Gasteiger partial charge is 0.313 e. The molecule has 110 valence electrons. The number of rotatable bonds is 3. The van der Waals surface area contributed by atoms with Crippen LogP contribution in [0.5, 0.6) is 5.75 Å². The lowest BCUT2D eigenvalue weighted by Gasteiger charge is -2.23. The fourth-order valence-electron chi connectivity index (χ4n) is 2.50. The first-order valence-corrected chi connectivity index (χ1v) is 7.13. The quantitative estimate of drug-likeness (QED) is 0.816. The fourth-order valence-corrected chi connectivity index (χ4v) is 2.50. The highest BCUT2D eigenvalue weighted by molar-refractivity contribution is 5.73. The zero-order chi connectivity index (χ0) is 15.4. The maximum Gasteiger partial charge on any atom is 0.313 e. The van der Waals surface area contributed by atoms with E-state index < -0.39 is 0 Å². The lowest BCUT2D eigenvalue weighted by atomic mass is 9.97. The van der Waals surface area contributed by atoms with E-state index in [4.69, 9.17) is 14.7 Å². The summed E-state index contributed by atoms with van der Waals surface area (Å²) in [6.07, 6.45) is 0.620. The molecule has 0 spiro atoms. The first-order chi connectivity index (χ1) is 10.8. The van der Waals surface area contributed by atoms with Crippen molar-refractivity contribution in [2.24, 2.45) is 5.92 Å². The molecule has 0 bridgehead atoms. The van der Waals surface area contributed by atoms with Gasteiger partial charge < -0.3 is 9.47 Å². The van der Waals surface area contributed by atoms with Gasteiger partial charge in [0.05, 0.1) is 17.6 Å². The Bertz CT molecular complexity index is 733. The van der Waals surface area contributed by atoms with Crippen molar-refractivity contribution in [3.05, 3.63) is 65.2 Å². The summed E-state index contributed by atoms with van der Waals surface area (Å²) < 4.78 is 11.0. The molecule has 1 aliphatic heterocycles. The number of ether oxygens (including phenoxy) is 2. The summed E-state index contributed by atoms with van der Waals surface area (Å²) in [7, 11) is 0. The minimum absolute atomic E-state index is 0.112. The molecule has 0 saturated carbocycles. The zero-order valence-corrected chi connectivity index (χ0v) is 12.0. The second kappa shape index (κ2) is 6.31. The van der Waals surface area contributed by atoms with Gasteiger partial charge in [-0.05, 0) is 24.1 Å². The Morgan fingerprint density at radius 2 is 2.00 bits per heavy atom. The van der Waals surface area contributed by atoms with Crippen molar-refractivity contribution in [2.45, 2.75) is 13.0 Å². The van der Waals surface area contributed by atoms with E-state index in [0.717, 1.165) is 16.9 Å². The van der Waals surface area contributed by atoms with E-state index in [-0.39, 0.29) is 18.5 Å². The predicted octanol–water partition coefficient (Wildman–Crippen LogP) is 2.85. The summed E-state index contributed by atoms with van der Waals surface area (Å²) in [5.41, 5.74) is 2.27. The van der Waals surface area contributed by atoms with Crippen LogP contribution in [0.15, 0.2) is 48.5 Å². The van der Waals surface area contributed by atoms with Crippen LogP contribution in [0.25, 0.3) is 0 Å². The average Bonchev–Trinajstić information content (AvgIpc) is 2.59. The van der Waals surface area contributed by atoms with Gasteiger partial charge in [-0.2, -0.15) is 5.26 Å². The van der Waals surface area contributed by atoms with E-state index in [1.165, 1.54) is 0 Å². The number of hydrogen-bond donors (Lipinski definition) is 0. The van der Waals surface area contributed by atoms with Crippen molar-refractivity contribution in [1.29, 1.82) is 5.26 Å². The SMILES string of the molecule is N#Cc1ccccc1COC(=O)C1COc2ccccc2C1. The zero-order valence-electron chi connectivity index (χ0n) is 12.0. The Balaban J connectivity index is 1.63. The number of nitrogens with zero attached hydrogens (tertiary/aromatic N) is 1. The van der Waals surface area contributed by atoms with Gasteiger partial charge in [-0.1, -0.05) is 36.4 Å². The van der Waals surface area contributed by atoms with Gasteiger partial charge in [0, 0.05) is 5.56 Å². The molecule has 0 saturated heterocycles. The Morgan fingerprint density at radius 3 is 2.86 bits per heavy atom. The standard InChI is InChI=1S/C18H15NO3/c19-10-14-6-1-2-7-15(14)11-22-18(20)16-9-13-5-3-4-8-17(13)21-12-16/h1-8,16H,9,11-12H2. The average molecular weight is 293 g/mol. The van der Waals surface area contributed by atoms with Crippen LogP contribution in [-0.4, -0.2) is 12.6 Å². The second-order valence-corrected chi connectivity index (χ2v) is 5.20. The van der Waals surface area contributed by atoms with Crippen molar-refractivity contribution in [3.63, 3.8) is 0 Å². The van der Waals surface area contributed by atoms with Gasteiger partial charge in [0.1, 0.15) is 19.0 Å². The van der Waals surface area contributed by atoms with E-state index in [2.05, 4.69) is 6.07 Å². The molecule has 1 aliphatic rings. The fraction of sp³-hybridized carbons (Fsp3) is 0.222. The normalized spacial score (nSPS) is 16.0. The molecule has 4 heteroatoms. The molecule has 0 N–H and O–H groups in total. The third kappa shape index (κ3) is 2.94. The van der Waals surface area contributed by atoms with Gasteiger partial charge >= 0.3 is 5.97 Å². The summed E-state index contributed by atoms with van der Waals surface area (Å²) >= 11 is 0. The molecule has 2 aromatic carbocycles. The Kier molecular flexibility index (Phi) is 4.06. The maximum atomic E-state index is 12.2. The van der Waals surface area contributed by atoms with Crippen LogP contribution in [0.2, 0.25) is 0 Å². The Hall–Kier alpha value is -2.80. The highest BCUT2D eigenvalue weighted by Gasteiger charge is 2.27. The molecular formula is C18H15NO3. The molecule has 22 heavy (non-hydrogen) atoms. The van der Waals surface area contributed by atoms with E-state index in [1.807, 2.05) is 30.3 Å². The summed E-state index contributed by atoms with van der Waals surface area (Å²) in [6.45, 7) is 0.441. The van der Waals surface area contributed by atoms with Crippen molar-refractivity contribution in [3.8, 4) is 11.8 Å². The van der Waals surface area contributed by atoms with Gasteiger partial charge in [0.25, 0.3) is 0 Å². The molecule has 1 heterocycles. The first kappa shape index (κ1) is 14.2. The van der Waals surface area contributed by atoms with Gasteiger partial charge in [-0.15, -0.1) is 0 Å². The van der Waals surface area contributed by atoms with Crippen molar-refractivity contribution < 1.29 is 14.3 Å². The van der Waals surface area contributed by atoms with Crippen molar-refractivity contribution in [1.82, 2.24) is 0 Å². The number of esters is 1. The summed E-state index contributed by atoms with van der Waals surface area (Å²) in [6, 6.07) is 16.9. The third-order valence-corrected chi connectivity index (χ3v) is 3.72. The van der Waals surface area contributed by atoms with Crippen LogP contribution in [0.3, 0.4) is 0 Å². The van der Waals surface area contributed by atoms with Gasteiger partial charge in [-0.25, -0.2) is 0 Å².